The van der Waals surface area contributed by atoms with Gasteiger partial charge in [-0.1, -0.05) is 41.4 Å². The second kappa shape index (κ2) is 11.5. The summed E-state index contributed by atoms with van der Waals surface area (Å²) in [5, 5.41) is 2.34. The summed E-state index contributed by atoms with van der Waals surface area (Å²) in [7, 11) is -3.91. The van der Waals surface area contributed by atoms with Gasteiger partial charge in [0.1, 0.15) is 10.7 Å². The number of carbonyl (C=O) groups excluding carboxylic acids is 3. The van der Waals surface area contributed by atoms with Crippen LogP contribution in [-0.4, -0.2) is 60.9 Å². The number of nitrogens with zero attached hydrogens (tertiary/aromatic N) is 2. The van der Waals surface area contributed by atoms with Crippen LogP contribution < -0.4 is 5.32 Å². The molecule has 2 saturated heterocycles. The molecule has 2 aliphatic heterocycles. The number of amides is 3. The first-order valence-corrected chi connectivity index (χ1v) is 14.3. The van der Waals surface area contributed by atoms with Crippen molar-refractivity contribution in [3.05, 3.63) is 68.8 Å². The number of nitrogens with one attached hydrogen (secondary N) is 1. The second-order valence-electron chi connectivity index (χ2n) is 8.41. The zero-order valence-electron chi connectivity index (χ0n) is 19.3. The number of imide groups is 1. The Kier molecular flexibility index (Phi) is 8.59. The van der Waals surface area contributed by atoms with Gasteiger partial charge in [0.15, 0.2) is 0 Å². The maximum Gasteiger partial charge on any atom is 0.293 e. The topological polar surface area (TPSA) is 104 Å². The molecule has 196 valence electrons. The van der Waals surface area contributed by atoms with Gasteiger partial charge < -0.3 is 5.32 Å². The maximum atomic E-state index is 13.1. The molecule has 3 amide bonds. The van der Waals surface area contributed by atoms with Gasteiger partial charge in [0.05, 0.1) is 15.0 Å². The van der Waals surface area contributed by atoms with E-state index in [1.54, 1.807) is 6.07 Å². The van der Waals surface area contributed by atoms with Gasteiger partial charge in [-0.3, -0.25) is 19.3 Å². The summed E-state index contributed by atoms with van der Waals surface area (Å²) in [6.07, 6.45) is 2.12. The van der Waals surface area contributed by atoms with E-state index in [9.17, 15) is 27.2 Å². The number of thioether (sulfide) groups is 1. The highest BCUT2D eigenvalue weighted by Crippen LogP contribution is 2.34. The minimum atomic E-state index is -3.91. The van der Waals surface area contributed by atoms with Crippen LogP contribution in [0.25, 0.3) is 6.08 Å². The fraction of sp³-hybridized carbons (Fsp3) is 0.292. The fourth-order valence-corrected chi connectivity index (χ4v) is 7.48. The van der Waals surface area contributed by atoms with Crippen molar-refractivity contribution in [3.63, 3.8) is 0 Å². The number of sulfonamides is 1. The lowest BCUT2D eigenvalue weighted by Crippen LogP contribution is -2.44. The number of piperidine rings is 1. The quantitative estimate of drug-likeness (QED) is 0.483. The van der Waals surface area contributed by atoms with Crippen LogP contribution in [0.4, 0.5) is 9.18 Å². The van der Waals surface area contributed by atoms with Crippen LogP contribution in [0.1, 0.15) is 18.4 Å². The zero-order valence-corrected chi connectivity index (χ0v) is 22.5. The van der Waals surface area contributed by atoms with Gasteiger partial charge >= 0.3 is 0 Å². The monoisotopic (exact) mass is 585 g/mol. The van der Waals surface area contributed by atoms with Crippen molar-refractivity contribution in [2.45, 2.75) is 17.7 Å². The molecule has 0 spiro atoms. The van der Waals surface area contributed by atoms with Crippen LogP contribution >= 0.6 is 35.0 Å². The molecule has 2 aromatic carbocycles. The average molecular weight is 586 g/mol. The molecule has 0 unspecified atom stereocenters. The molecule has 8 nitrogen and oxygen atoms in total. The van der Waals surface area contributed by atoms with Gasteiger partial charge in [-0.05, 0) is 60.5 Å². The van der Waals surface area contributed by atoms with E-state index in [4.69, 9.17) is 23.2 Å². The van der Waals surface area contributed by atoms with E-state index in [2.05, 4.69) is 5.32 Å². The highest BCUT2D eigenvalue weighted by atomic mass is 35.5. The third kappa shape index (κ3) is 6.18. The van der Waals surface area contributed by atoms with Crippen LogP contribution in [0.3, 0.4) is 0 Å². The zero-order chi connectivity index (χ0) is 26.7. The molecule has 2 heterocycles. The maximum absolute atomic E-state index is 13.1. The molecule has 13 heteroatoms. The Bertz CT molecular complexity index is 1340. The Morgan fingerprint density at radius 3 is 2.32 bits per heavy atom. The third-order valence-corrected chi connectivity index (χ3v) is 9.78. The molecule has 37 heavy (non-hydrogen) atoms. The molecular weight excluding hydrogens is 564 g/mol. The number of hydrogen-bond acceptors (Lipinski definition) is 6. The van der Waals surface area contributed by atoms with Crippen molar-refractivity contribution in [3.8, 4) is 0 Å². The van der Waals surface area contributed by atoms with Crippen molar-refractivity contribution in [1.82, 2.24) is 14.5 Å². The van der Waals surface area contributed by atoms with Crippen molar-refractivity contribution in [1.29, 1.82) is 0 Å². The Morgan fingerprint density at radius 1 is 1.08 bits per heavy atom. The SMILES string of the molecule is O=C(NCCN1C(=O)SC(=Cc2ccc(F)cc2)C1=O)C1CCN(S(=O)(=O)c2c(Cl)cccc2Cl)CC1. The smallest absolute Gasteiger partial charge is 0.293 e. The van der Waals surface area contributed by atoms with E-state index >= 15 is 0 Å². The molecule has 0 atom stereocenters. The van der Waals surface area contributed by atoms with E-state index in [1.807, 2.05) is 0 Å². The minimum Gasteiger partial charge on any atom is -0.354 e. The number of rotatable bonds is 7. The van der Waals surface area contributed by atoms with Crippen LogP contribution in [0.5, 0.6) is 0 Å². The van der Waals surface area contributed by atoms with Crippen LogP contribution in [0.2, 0.25) is 10.0 Å². The average Bonchev–Trinajstić information content (AvgIpc) is 3.12. The van der Waals surface area contributed by atoms with Gasteiger partial charge in [-0.15, -0.1) is 0 Å². The molecule has 2 fully saturated rings. The minimum absolute atomic E-state index is 0.00457. The number of hydrogen-bond donors (Lipinski definition) is 1. The third-order valence-electron chi connectivity index (χ3n) is 6.02. The van der Waals surface area contributed by atoms with E-state index in [-0.39, 0.29) is 51.9 Å². The lowest BCUT2D eigenvalue weighted by molar-refractivity contribution is -0.127. The molecule has 0 saturated carbocycles. The predicted octanol–water partition coefficient (Wildman–Crippen LogP) is 4.39. The first-order valence-electron chi connectivity index (χ1n) is 11.3. The van der Waals surface area contributed by atoms with Crippen molar-refractivity contribution in [2.75, 3.05) is 26.2 Å². The molecule has 0 aliphatic carbocycles. The van der Waals surface area contributed by atoms with Crippen molar-refractivity contribution in [2.24, 2.45) is 5.92 Å². The first-order chi connectivity index (χ1) is 17.6. The van der Waals surface area contributed by atoms with Gasteiger partial charge in [0.2, 0.25) is 15.9 Å². The van der Waals surface area contributed by atoms with Gasteiger partial charge in [0.25, 0.3) is 11.1 Å². The molecule has 0 bridgehead atoms. The summed E-state index contributed by atoms with van der Waals surface area (Å²) < 4.78 is 40.4. The number of benzene rings is 2. The number of halogens is 3. The lowest BCUT2D eigenvalue weighted by Gasteiger charge is -2.31. The predicted molar refractivity (Wildman–Crippen MR) is 140 cm³/mol. The van der Waals surface area contributed by atoms with Gasteiger partial charge in [0, 0.05) is 32.1 Å². The van der Waals surface area contributed by atoms with Crippen LogP contribution in [0, 0.1) is 11.7 Å². The van der Waals surface area contributed by atoms with Gasteiger partial charge in [-0.2, -0.15) is 4.31 Å². The summed E-state index contributed by atoms with van der Waals surface area (Å²) in [6, 6.07) is 10.00. The summed E-state index contributed by atoms with van der Waals surface area (Å²) in [5.74, 6) is -1.58. The summed E-state index contributed by atoms with van der Waals surface area (Å²) in [5.41, 5.74) is 0.588. The first kappa shape index (κ1) is 27.6. The Balaban J connectivity index is 1.28. The summed E-state index contributed by atoms with van der Waals surface area (Å²) in [4.78, 5) is 38.7. The normalized spacial score (nSPS) is 18.6. The van der Waals surface area contributed by atoms with E-state index in [1.165, 1.54) is 46.8 Å². The van der Waals surface area contributed by atoms with E-state index in [0.29, 0.717) is 18.4 Å². The Labute approximate surface area is 227 Å². The standard InChI is InChI=1S/C24H22Cl2FN3O5S2/c25-18-2-1-3-19(26)21(18)37(34,35)29-11-8-16(9-12-29)22(31)28-10-13-30-23(32)20(36-24(30)33)14-15-4-6-17(27)7-5-15/h1-7,14,16H,8-13H2,(H,28,31). The fourth-order valence-electron chi connectivity index (χ4n) is 4.05. The molecule has 2 aliphatic rings. The molecule has 4 rings (SSSR count). The van der Waals surface area contributed by atoms with Crippen LogP contribution in [0.15, 0.2) is 52.3 Å². The molecule has 0 aromatic heterocycles. The van der Waals surface area contributed by atoms with Crippen molar-refractivity contribution >= 4 is 68.1 Å². The van der Waals surface area contributed by atoms with Crippen LogP contribution in [-0.2, 0) is 19.6 Å². The highest BCUT2D eigenvalue weighted by molar-refractivity contribution is 8.18. The molecule has 2 aromatic rings. The molecule has 1 N–H and O–H groups in total. The summed E-state index contributed by atoms with van der Waals surface area (Å²) in [6.45, 7) is 0.308. The lowest BCUT2D eigenvalue weighted by atomic mass is 9.97. The summed E-state index contributed by atoms with van der Waals surface area (Å²) >= 11 is 12.9. The molecule has 0 radical (unpaired) electrons. The Morgan fingerprint density at radius 2 is 1.70 bits per heavy atom. The van der Waals surface area contributed by atoms with E-state index in [0.717, 1.165) is 16.7 Å². The number of carbonyl (C=O) groups is 3. The van der Waals surface area contributed by atoms with Gasteiger partial charge in [-0.25, -0.2) is 12.8 Å². The van der Waals surface area contributed by atoms with E-state index < -0.39 is 32.9 Å². The Hall–Kier alpha value is -2.44. The largest absolute Gasteiger partial charge is 0.354 e. The van der Waals surface area contributed by atoms with Crippen molar-refractivity contribution < 1.29 is 27.2 Å². The molecular formula is C24H22Cl2FN3O5S2. The second-order valence-corrected chi connectivity index (χ2v) is 12.1. The highest BCUT2D eigenvalue weighted by Gasteiger charge is 2.36.